The SMILES string of the molecule is COc1ccc(CNC(=O)c2ccc(C(=O)N3CCC[C@@H]4CCCC[C@@H]43)cc2)cc1. The first-order valence-corrected chi connectivity index (χ1v) is 11.0. The smallest absolute Gasteiger partial charge is 0.254 e. The Labute approximate surface area is 178 Å². The summed E-state index contributed by atoms with van der Waals surface area (Å²) < 4.78 is 5.15. The molecule has 2 aliphatic rings. The molecule has 1 N–H and O–H groups in total. The number of amides is 2. The average molecular weight is 407 g/mol. The molecule has 5 nitrogen and oxygen atoms in total. The molecule has 0 unspecified atom stereocenters. The van der Waals surface area contributed by atoms with Gasteiger partial charge in [0.05, 0.1) is 7.11 Å². The number of ether oxygens (including phenoxy) is 1. The van der Waals surface area contributed by atoms with Gasteiger partial charge in [-0.05, 0) is 73.6 Å². The lowest BCUT2D eigenvalue weighted by Gasteiger charge is -2.44. The molecule has 4 rings (SSSR count). The number of methoxy groups -OCH3 is 1. The highest BCUT2D eigenvalue weighted by atomic mass is 16.5. The van der Waals surface area contributed by atoms with Crippen molar-refractivity contribution in [3.05, 3.63) is 65.2 Å². The minimum Gasteiger partial charge on any atom is -0.497 e. The predicted molar refractivity (Wildman–Crippen MR) is 117 cm³/mol. The van der Waals surface area contributed by atoms with Gasteiger partial charge in [0.15, 0.2) is 0 Å². The van der Waals surface area contributed by atoms with Crippen molar-refractivity contribution >= 4 is 11.8 Å². The number of nitrogens with zero attached hydrogens (tertiary/aromatic N) is 1. The van der Waals surface area contributed by atoms with Gasteiger partial charge in [0.25, 0.3) is 11.8 Å². The van der Waals surface area contributed by atoms with Gasteiger partial charge in [0, 0.05) is 30.3 Å². The van der Waals surface area contributed by atoms with Crippen LogP contribution < -0.4 is 10.1 Å². The van der Waals surface area contributed by atoms with E-state index in [1.165, 1.54) is 25.7 Å². The summed E-state index contributed by atoms with van der Waals surface area (Å²) in [5, 5.41) is 2.93. The second-order valence-electron chi connectivity index (χ2n) is 8.36. The molecule has 0 bridgehead atoms. The van der Waals surface area contributed by atoms with Gasteiger partial charge in [-0.1, -0.05) is 25.0 Å². The zero-order valence-electron chi connectivity index (χ0n) is 17.6. The Morgan fingerprint density at radius 2 is 1.60 bits per heavy atom. The van der Waals surface area contributed by atoms with Gasteiger partial charge in [-0.2, -0.15) is 0 Å². The highest BCUT2D eigenvalue weighted by Gasteiger charge is 2.35. The van der Waals surface area contributed by atoms with Crippen molar-refractivity contribution in [3.63, 3.8) is 0 Å². The molecule has 2 atom stereocenters. The highest BCUT2D eigenvalue weighted by Crippen LogP contribution is 2.35. The number of hydrogen-bond acceptors (Lipinski definition) is 3. The molecular weight excluding hydrogens is 376 g/mol. The standard InChI is InChI=1S/C25H30N2O3/c1-30-22-14-8-18(9-15-22)17-26-24(28)20-10-12-21(13-11-20)25(29)27-16-4-6-19-5-2-3-7-23(19)27/h8-15,19,23H,2-7,16-17H2,1H3,(H,26,28)/t19-,23-/m0/s1. The lowest BCUT2D eigenvalue weighted by molar-refractivity contribution is 0.0390. The van der Waals surface area contributed by atoms with Gasteiger partial charge < -0.3 is 15.0 Å². The number of carbonyl (C=O) groups excluding carboxylic acids is 2. The number of piperidine rings is 1. The Morgan fingerprint density at radius 1 is 0.933 bits per heavy atom. The Kier molecular flexibility index (Phi) is 6.36. The van der Waals surface area contributed by atoms with E-state index in [0.717, 1.165) is 30.7 Å². The van der Waals surface area contributed by atoms with Crippen molar-refractivity contribution in [3.8, 4) is 5.75 Å². The van der Waals surface area contributed by atoms with E-state index < -0.39 is 0 Å². The fourth-order valence-electron chi connectivity index (χ4n) is 4.83. The van der Waals surface area contributed by atoms with E-state index >= 15 is 0 Å². The maximum atomic E-state index is 13.1. The monoisotopic (exact) mass is 406 g/mol. The summed E-state index contributed by atoms with van der Waals surface area (Å²) in [5.41, 5.74) is 2.24. The van der Waals surface area contributed by atoms with Crippen molar-refractivity contribution in [2.45, 2.75) is 51.1 Å². The second-order valence-corrected chi connectivity index (χ2v) is 8.36. The van der Waals surface area contributed by atoms with E-state index in [4.69, 9.17) is 4.74 Å². The fraction of sp³-hybridized carbons (Fsp3) is 0.440. The maximum Gasteiger partial charge on any atom is 0.254 e. The predicted octanol–water partition coefficient (Wildman–Crippen LogP) is 4.42. The molecule has 0 aromatic heterocycles. The van der Waals surface area contributed by atoms with Gasteiger partial charge in [-0.3, -0.25) is 9.59 Å². The van der Waals surface area contributed by atoms with Gasteiger partial charge in [-0.15, -0.1) is 0 Å². The lowest BCUT2D eigenvalue weighted by atomic mass is 9.78. The van der Waals surface area contributed by atoms with Crippen molar-refractivity contribution < 1.29 is 14.3 Å². The number of likely N-dealkylation sites (tertiary alicyclic amines) is 1. The summed E-state index contributed by atoms with van der Waals surface area (Å²) in [7, 11) is 1.63. The zero-order valence-corrected chi connectivity index (χ0v) is 17.6. The largest absolute Gasteiger partial charge is 0.497 e. The first-order valence-electron chi connectivity index (χ1n) is 11.0. The first-order chi connectivity index (χ1) is 14.7. The number of nitrogens with one attached hydrogen (secondary N) is 1. The molecule has 2 aromatic rings. The van der Waals surface area contributed by atoms with Gasteiger partial charge in [0.1, 0.15) is 5.75 Å². The zero-order chi connectivity index (χ0) is 20.9. The molecule has 1 saturated heterocycles. The van der Waals surface area contributed by atoms with Crippen LogP contribution >= 0.6 is 0 Å². The summed E-state index contributed by atoms with van der Waals surface area (Å²) >= 11 is 0. The van der Waals surface area contributed by atoms with Crippen LogP contribution in [0.3, 0.4) is 0 Å². The van der Waals surface area contributed by atoms with Crippen LogP contribution in [0.15, 0.2) is 48.5 Å². The molecule has 2 amide bonds. The van der Waals surface area contributed by atoms with E-state index in [0.29, 0.717) is 29.6 Å². The van der Waals surface area contributed by atoms with Gasteiger partial charge in [0.2, 0.25) is 0 Å². The van der Waals surface area contributed by atoms with E-state index in [1.807, 2.05) is 24.3 Å². The minimum atomic E-state index is -0.143. The first kappa shape index (κ1) is 20.5. The molecule has 0 radical (unpaired) electrons. The molecule has 158 valence electrons. The molecule has 1 saturated carbocycles. The Morgan fingerprint density at radius 3 is 2.33 bits per heavy atom. The molecular formula is C25H30N2O3. The molecule has 1 aliphatic carbocycles. The fourth-order valence-corrected chi connectivity index (χ4v) is 4.83. The third-order valence-electron chi connectivity index (χ3n) is 6.51. The van der Waals surface area contributed by atoms with Crippen LogP contribution in [-0.2, 0) is 6.54 Å². The topological polar surface area (TPSA) is 58.6 Å². The Balaban J connectivity index is 1.36. The van der Waals surface area contributed by atoms with Crippen LogP contribution in [-0.4, -0.2) is 36.4 Å². The molecule has 2 aromatic carbocycles. The summed E-state index contributed by atoms with van der Waals surface area (Å²) in [5.74, 6) is 1.42. The lowest BCUT2D eigenvalue weighted by Crippen LogP contribution is -2.49. The van der Waals surface area contributed by atoms with E-state index in [1.54, 1.807) is 31.4 Å². The normalized spacial score (nSPS) is 20.9. The number of benzene rings is 2. The number of hydrogen-bond donors (Lipinski definition) is 1. The highest BCUT2D eigenvalue weighted by molar-refractivity contribution is 5.98. The Hall–Kier alpha value is -2.82. The van der Waals surface area contributed by atoms with E-state index in [-0.39, 0.29) is 11.8 Å². The quantitative estimate of drug-likeness (QED) is 0.800. The number of fused-ring (bicyclic) bond motifs is 1. The van der Waals surface area contributed by atoms with Crippen molar-refractivity contribution in [1.82, 2.24) is 10.2 Å². The van der Waals surface area contributed by atoms with Crippen LogP contribution in [0.4, 0.5) is 0 Å². The van der Waals surface area contributed by atoms with Crippen molar-refractivity contribution in [2.24, 2.45) is 5.92 Å². The summed E-state index contributed by atoms with van der Waals surface area (Å²) in [4.78, 5) is 27.7. The molecule has 5 heteroatoms. The minimum absolute atomic E-state index is 0.108. The molecule has 30 heavy (non-hydrogen) atoms. The van der Waals surface area contributed by atoms with Crippen molar-refractivity contribution in [1.29, 1.82) is 0 Å². The molecule has 2 fully saturated rings. The van der Waals surface area contributed by atoms with Gasteiger partial charge >= 0.3 is 0 Å². The van der Waals surface area contributed by atoms with Crippen molar-refractivity contribution in [2.75, 3.05) is 13.7 Å². The van der Waals surface area contributed by atoms with Crippen LogP contribution in [0.1, 0.15) is 64.8 Å². The molecule has 1 heterocycles. The van der Waals surface area contributed by atoms with Crippen LogP contribution in [0.5, 0.6) is 5.75 Å². The average Bonchev–Trinajstić information content (AvgIpc) is 2.82. The van der Waals surface area contributed by atoms with Crippen LogP contribution in [0.25, 0.3) is 0 Å². The van der Waals surface area contributed by atoms with E-state index in [2.05, 4.69) is 10.2 Å². The summed E-state index contributed by atoms with van der Waals surface area (Å²) in [6, 6.07) is 15.1. The number of carbonyl (C=O) groups is 2. The molecule has 1 aliphatic heterocycles. The third-order valence-corrected chi connectivity index (χ3v) is 6.51. The third kappa shape index (κ3) is 4.50. The van der Waals surface area contributed by atoms with Crippen LogP contribution in [0.2, 0.25) is 0 Å². The maximum absolute atomic E-state index is 13.1. The summed E-state index contributed by atoms with van der Waals surface area (Å²) in [6.07, 6.45) is 7.24. The van der Waals surface area contributed by atoms with E-state index in [9.17, 15) is 9.59 Å². The second kappa shape index (κ2) is 9.33. The molecule has 0 spiro atoms. The van der Waals surface area contributed by atoms with Crippen LogP contribution in [0, 0.1) is 5.92 Å². The van der Waals surface area contributed by atoms with Gasteiger partial charge in [-0.25, -0.2) is 0 Å². The number of rotatable bonds is 5. The summed E-state index contributed by atoms with van der Waals surface area (Å²) in [6.45, 7) is 1.30. The Bertz CT molecular complexity index is 874.